The largest absolute Gasteiger partial charge is 0.380 e. The number of anilines is 1. The number of nitrogens with one attached hydrogen (secondary N) is 2. The molecule has 2 atom stereocenters. The molecule has 112 valence electrons. The lowest BCUT2D eigenvalue weighted by Gasteiger charge is -2.21. The van der Waals surface area contributed by atoms with Gasteiger partial charge in [0.1, 0.15) is 0 Å². The SMILES string of the molecule is CCCCNC1CS(=O)(=O)CC1Nc1ccc(Cl)cc1. The Labute approximate surface area is 125 Å². The number of rotatable bonds is 6. The van der Waals surface area contributed by atoms with E-state index in [0.29, 0.717) is 5.02 Å². The summed E-state index contributed by atoms with van der Waals surface area (Å²) in [6, 6.07) is 7.23. The third-order valence-electron chi connectivity index (χ3n) is 3.49. The monoisotopic (exact) mass is 316 g/mol. The predicted molar refractivity (Wildman–Crippen MR) is 84.2 cm³/mol. The molecule has 4 nitrogen and oxygen atoms in total. The highest BCUT2D eigenvalue weighted by Crippen LogP contribution is 2.20. The van der Waals surface area contributed by atoms with Gasteiger partial charge >= 0.3 is 0 Å². The standard InChI is InChI=1S/C14H21ClN2O2S/c1-2-3-8-16-13-9-20(18,19)10-14(13)17-12-6-4-11(15)5-7-12/h4-7,13-14,16-17H,2-3,8-10H2,1H3. The molecule has 1 heterocycles. The maximum atomic E-state index is 11.8. The maximum absolute atomic E-state index is 11.8. The summed E-state index contributed by atoms with van der Waals surface area (Å²) >= 11 is 5.85. The zero-order chi connectivity index (χ0) is 14.6. The van der Waals surface area contributed by atoms with Crippen molar-refractivity contribution in [3.63, 3.8) is 0 Å². The molecule has 0 bridgehead atoms. The minimum Gasteiger partial charge on any atom is -0.380 e. The van der Waals surface area contributed by atoms with Gasteiger partial charge in [0.15, 0.2) is 9.84 Å². The van der Waals surface area contributed by atoms with E-state index in [9.17, 15) is 8.42 Å². The van der Waals surface area contributed by atoms with Gasteiger partial charge in [0, 0.05) is 16.8 Å². The molecule has 0 spiro atoms. The lowest BCUT2D eigenvalue weighted by Crippen LogP contribution is -2.43. The van der Waals surface area contributed by atoms with E-state index in [0.717, 1.165) is 25.1 Å². The molecular weight excluding hydrogens is 296 g/mol. The lowest BCUT2D eigenvalue weighted by molar-refractivity contribution is 0.511. The minimum atomic E-state index is -2.96. The summed E-state index contributed by atoms with van der Waals surface area (Å²) in [5.74, 6) is 0.390. The van der Waals surface area contributed by atoms with E-state index in [1.165, 1.54) is 0 Å². The van der Waals surface area contributed by atoms with Gasteiger partial charge in [-0.25, -0.2) is 8.42 Å². The Kier molecular flexibility index (Phi) is 5.29. The van der Waals surface area contributed by atoms with Crippen LogP contribution < -0.4 is 10.6 Å². The van der Waals surface area contributed by atoms with Crippen molar-refractivity contribution in [2.75, 3.05) is 23.4 Å². The van der Waals surface area contributed by atoms with Crippen LogP contribution in [0.15, 0.2) is 24.3 Å². The molecule has 0 aromatic heterocycles. The summed E-state index contributed by atoms with van der Waals surface area (Å²) in [6.07, 6.45) is 2.16. The molecule has 1 aliphatic heterocycles. The van der Waals surface area contributed by atoms with Crippen LogP contribution >= 0.6 is 11.6 Å². The van der Waals surface area contributed by atoms with Gasteiger partial charge in [-0.05, 0) is 37.2 Å². The Morgan fingerprint density at radius 1 is 1.20 bits per heavy atom. The molecule has 6 heteroatoms. The second kappa shape index (κ2) is 6.78. The van der Waals surface area contributed by atoms with Gasteiger partial charge in [-0.1, -0.05) is 24.9 Å². The fourth-order valence-electron chi connectivity index (χ4n) is 2.42. The normalized spacial score (nSPS) is 24.7. The average molecular weight is 317 g/mol. The molecule has 1 fully saturated rings. The van der Waals surface area contributed by atoms with Gasteiger partial charge in [-0.15, -0.1) is 0 Å². The van der Waals surface area contributed by atoms with Gasteiger partial charge in [0.2, 0.25) is 0 Å². The Bertz CT molecular complexity index is 531. The minimum absolute atomic E-state index is 0.0257. The van der Waals surface area contributed by atoms with Crippen LogP contribution in [0.4, 0.5) is 5.69 Å². The molecule has 0 saturated carbocycles. The highest BCUT2D eigenvalue weighted by Gasteiger charge is 2.37. The van der Waals surface area contributed by atoms with Crippen LogP contribution in [0.3, 0.4) is 0 Å². The van der Waals surface area contributed by atoms with Gasteiger partial charge < -0.3 is 10.6 Å². The first-order chi connectivity index (χ1) is 9.50. The van der Waals surface area contributed by atoms with Gasteiger partial charge in [-0.2, -0.15) is 0 Å². The molecule has 1 saturated heterocycles. The fraction of sp³-hybridized carbons (Fsp3) is 0.571. The van der Waals surface area contributed by atoms with Crippen molar-refractivity contribution < 1.29 is 8.42 Å². The van der Waals surface area contributed by atoms with Crippen LogP contribution in [0.25, 0.3) is 0 Å². The van der Waals surface area contributed by atoms with E-state index in [4.69, 9.17) is 11.6 Å². The summed E-state index contributed by atoms with van der Waals surface area (Å²) in [6.45, 7) is 2.98. The third-order valence-corrected chi connectivity index (χ3v) is 5.47. The smallest absolute Gasteiger partial charge is 0.153 e. The highest BCUT2D eigenvalue weighted by molar-refractivity contribution is 7.91. The number of hydrogen-bond acceptors (Lipinski definition) is 4. The second-order valence-corrected chi connectivity index (χ2v) is 7.84. The highest BCUT2D eigenvalue weighted by atomic mass is 35.5. The van der Waals surface area contributed by atoms with Crippen molar-refractivity contribution in [2.24, 2.45) is 0 Å². The third kappa shape index (κ3) is 4.36. The first kappa shape index (κ1) is 15.6. The van der Waals surface area contributed by atoms with Crippen molar-refractivity contribution in [2.45, 2.75) is 31.8 Å². The van der Waals surface area contributed by atoms with Gasteiger partial charge in [0.25, 0.3) is 0 Å². The van der Waals surface area contributed by atoms with Crippen LogP contribution in [0.2, 0.25) is 5.02 Å². The van der Waals surface area contributed by atoms with Crippen LogP contribution in [0, 0.1) is 0 Å². The predicted octanol–water partition coefficient (Wildman–Crippen LogP) is 2.31. The van der Waals surface area contributed by atoms with Crippen molar-refractivity contribution in [3.05, 3.63) is 29.3 Å². The zero-order valence-corrected chi connectivity index (χ0v) is 13.2. The average Bonchev–Trinajstić information content (AvgIpc) is 2.67. The van der Waals surface area contributed by atoms with E-state index in [1.807, 2.05) is 12.1 Å². The summed E-state index contributed by atoms with van der Waals surface area (Å²) in [4.78, 5) is 0. The lowest BCUT2D eigenvalue weighted by atomic mass is 10.1. The van der Waals surface area contributed by atoms with Crippen LogP contribution in [0.1, 0.15) is 19.8 Å². The Morgan fingerprint density at radius 2 is 1.85 bits per heavy atom. The molecule has 2 rings (SSSR count). The van der Waals surface area contributed by atoms with E-state index in [2.05, 4.69) is 17.6 Å². The Balaban J connectivity index is 2.01. The maximum Gasteiger partial charge on any atom is 0.153 e. The fourth-order valence-corrected chi connectivity index (χ4v) is 4.44. The van der Waals surface area contributed by atoms with Crippen molar-refractivity contribution in [3.8, 4) is 0 Å². The van der Waals surface area contributed by atoms with Crippen LogP contribution in [-0.4, -0.2) is 38.6 Å². The molecule has 0 amide bonds. The first-order valence-electron chi connectivity index (χ1n) is 6.96. The molecule has 0 radical (unpaired) electrons. The van der Waals surface area contributed by atoms with Crippen molar-refractivity contribution in [1.82, 2.24) is 5.32 Å². The van der Waals surface area contributed by atoms with E-state index in [1.54, 1.807) is 12.1 Å². The molecule has 20 heavy (non-hydrogen) atoms. The second-order valence-electron chi connectivity index (χ2n) is 5.25. The molecule has 2 N–H and O–H groups in total. The molecule has 1 aliphatic rings. The number of benzene rings is 1. The summed E-state index contributed by atoms with van der Waals surface area (Å²) in [5.41, 5.74) is 0.902. The number of halogens is 1. The number of hydrogen-bond donors (Lipinski definition) is 2. The number of sulfone groups is 1. The summed E-state index contributed by atoms with van der Waals surface area (Å²) < 4.78 is 23.7. The summed E-state index contributed by atoms with van der Waals surface area (Å²) in [5, 5.41) is 7.33. The van der Waals surface area contributed by atoms with Crippen LogP contribution in [-0.2, 0) is 9.84 Å². The van der Waals surface area contributed by atoms with E-state index < -0.39 is 9.84 Å². The van der Waals surface area contributed by atoms with E-state index >= 15 is 0 Å². The Hall–Kier alpha value is -0.780. The zero-order valence-electron chi connectivity index (χ0n) is 11.6. The summed E-state index contributed by atoms with van der Waals surface area (Å²) in [7, 11) is -2.96. The quantitative estimate of drug-likeness (QED) is 0.791. The van der Waals surface area contributed by atoms with Crippen molar-refractivity contribution in [1.29, 1.82) is 0 Å². The van der Waals surface area contributed by atoms with Crippen molar-refractivity contribution >= 4 is 27.1 Å². The molecule has 2 unspecified atom stereocenters. The van der Waals surface area contributed by atoms with Gasteiger partial charge in [0.05, 0.1) is 17.5 Å². The Morgan fingerprint density at radius 3 is 2.50 bits per heavy atom. The molecular formula is C14H21ClN2O2S. The molecule has 0 aliphatic carbocycles. The topological polar surface area (TPSA) is 58.2 Å². The number of unbranched alkanes of at least 4 members (excludes halogenated alkanes) is 1. The molecule has 1 aromatic rings. The van der Waals surface area contributed by atoms with Crippen LogP contribution in [0.5, 0.6) is 0 Å². The van der Waals surface area contributed by atoms with E-state index in [-0.39, 0.29) is 23.6 Å². The van der Waals surface area contributed by atoms with Gasteiger partial charge in [-0.3, -0.25) is 0 Å². The first-order valence-corrected chi connectivity index (χ1v) is 9.16. The molecule has 1 aromatic carbocycles.